The van der Waals surface area contributed by atoms with Crippen LogP contribution in [-0.2, 0) is 17.9 Å². The Hall–Kier alpha value is -2.81. The van der Waals surface area contributed by atoms with Crippen molar-refractivity contribution in [2.75, 3.05) is 13.1 Å². The Kier molecular flexibility index (Phi) is 8.62. The molecule has 4 rings (SSSR count). The number of rotatable bonds is 6. The van der Waals surface area contributed by atoms with Crippen LogP contribution >= 0.6 is 46.4 Å². The van der Waals surface area contributed by atoms with Gasteiger partial charge in [-0.2, -0.15) is 0 Å². The molecule has 3 amide bonds. The normalized spacial score (nSPS) is 13.6. The van der Waals surface area contributed by atoms with Gasteiger partial charge in [0.2, 0.25) is 0 Å². The molecule has 0 aliphatic carbocycles. The van der Waals surface area contributed by atoms with E-state index in [1.54, 1.807) is 0 Å². The summed E-state index contributed by atoms with van der Waals surface area (Å²) in [6.45, 7) is 0.814. The average Bonchev–Trinajstić information content (AvgIpc) is 3.35. The molecular formula is C26H22Cl4N4O3. The van der Waals surface area contributed by atoms with Crippen LogP contribution in [0.1, 0.15) is 31.8 Å². The van der Waals surface area contributed by atoms with E-state index < -0.39 is 23.9 Å². The molecule has 0 aromatic heterocycles. The highest BCUT2D eigenvalue weighted by Gasteiger charge is 2.43. The average molecular weight is 580 g/mol. The molecule has 3 aromatic rings. The standard InChI is InChI=1S/C26H22Cl4N4O3/c27-19-6-4-17(11-21(19)29)25(36)33-8-9-34(26(37)18-5-7-20(28)22(30)12-18)24(33)23(35)32-14-16-3-1-2-15(10-16)13-31/h1-7,10-12,24H,8-9,13-14,31H2,(H,32,35). The quantitative estimate of drug-likeness (QED) is 0.429. The number of benzene rings is 3. The highest BCUT2D eigenvalue weighted by Crippen LogP contribution is 2.28. The van der Waals surface area contributed by atoms with E-state index in [4.69, 9.17) is 52.1 Å². The number of nitrogens with one attached hydrogen (secondary N) is 1. The third-order valence-electron chi connectivity index (χ3n) is 5.96. The first-order valence-corrected chi connectivity index (χ1v) is 12.8. The molecule has 3 N–H and O–H groups in total. The molecule has 7 nitrogen and oxygen atoms in total. The van der Waals surface area contributed by atoms with Gasteiger partial charge < -0.3 is 20.9 Å². The van der Waals surface area contributed by atoms with Crippen molar-refractivity contribution in [3.8, 4) is 0 Å². The van der Waals surface area contributed by atoms with E-state index >= 15 is 0 Å². The summed E-state index contributed by atoms with van der Waals surface area (Å²) in [5.41, 5.74) is 7.95. The van der Waals surface area contributed by atoms with Gasteiger partial charge in [0.1, 0.15) is 0 Å². The van der Waals surface area contributed by atoms with Crippen molar-refractivity contribution in [1.82, 2.24) is 15.1 Å². The first-order valence-electron chi connectivity index (χ1n) is 11.3. The molecule has 1 aliphatic heterocycles. The van der Waals surface area contributed by atoms with Crippen molar-refractivity contribution in [1.29, 1.82) is 0 Å². The predicted molar refractivity (Wildman–Crippen MR) is 145 cm³/mol. The number of carbonyl (C=O) groups is 3. The minimum atomic E-state index is -1.21. The zero-order valence-corrected chi connectivity index (χ0v) is 22.4. The Balaban J connectivity index is 1.63. The van der Waals surface area contributed by atoms with Crippen LogP contribution < -0.4 is 11.1 Å². The summed E-state index contributed by atoms with van der Waals surface area (Å²) in [6, 6.07) is 16.4. The zero-order chi connectivity index (χ0) is 26.7. The number of carbonyl (C=O) groups excluding carboxylic acids is 3. The largest absolute Gasteiger partial charge is 0.349 e. The van der Waals surface area contributed by atoms with Crippen LogP contribution in [0.25, 0.3) is 0 Å². The minimum absolute atomic E-state index is 0.132. The lowest BCUT2D eigenvalue weighted by Crippen LogP contribution is -2.53. The molecule has 11 heteroatoms. The van der Waals surface area contributed by atoms with E-state index in [0.29, 0.717) is 16.6 Å². The number of nitrogens with two attached hydrogens (primary N) is 1. The van der Waals surface area contributed by atoms with Crippen LogP contribution in [0.5, 0.6) is 0 Å². The SMILES string of the molecule is NCc1cccc(CNC(=O)C2N(C(=O)c3ccc(Cl)c(Cl)c3)CCN2C(=O)c2ccc(Cl)c(Cl)c2)c1. The number of hydrogen-bond acceptors (Lipinski definition) is 4. The van der Waals surface area contributed by atoms with Crippen LogP contribution in [0, 0.1) is 0 Å². The predicted octanol–water partition coefficient (Wildman–Crippen LogP) is 5.00. The van der Waals surface area contributed by atoms with Crippen LogP contribution in [0.15, 0.2) is 60.7 Å². The van der Waals surface area contributed by atoms with E-state index in [2.05, 4.69) is 5.32 Å². The van der Waals surface area contributed by atoms with Crippen LogP contribution in [0.4, 0.5) is 0 Å². The molecule has 0 unspecified atom stereocenters. The molecule has 1 fully saturated rings. The second-order valence-corrected chi connectivity index (χ2v) is 10.00. The Morgan fingerprint density at radius 2 is 1.27 bits per heavy atom. The Labute approximate surface area is 234 Å². The lowest BCUT2D eigenvalue weighted by molar-refractivity contribution is -0.128. The summed E-state index contributed by atoms with van der Waals surface area (Å²) in [5.74, 6) is -1.45. The Morgan fingerprint density at radius 3 is 1.76 bits per heavy atom. The van der Waals surface area contributed by atoms with Gasteiger partial charge in [-0.25, -0.2) is 0 Å². The molecule has 0 saturated carbocycles. The molecular weight excluding hydrogens is 558 g/mol. The Bertz CT molecular complexity index is 1300. The van der Waals surface area contributed by atoms with Gasteiger partial charge in [-0.05, 0) is 47.5 Å². The van der Waals surface area contributed by atoms with E-state index in [1.165, 1.54) is 46.2 Å². The number of nitrogens with zero attached hydrogens (tertiary/aromatic N) is 2. The maximum absolute atomic E-state index is 13.5. The Morgan fingerprint density at radius 1 is 0.757 bits per heavy atom. The summed E-state index contributed by atoms with van der Waals surface area (Å²) < 4.78 is 0. The van der Waals surface area contributed by atoms with Crippen molar-refractivity contribution in [3.63, 3.8) is 0 Å². The fourth-order valence-electron chi connectivity index (χ4n) is 4.07. The van der Waals surface area contributed by atoms with Crippen LogP contribution in [-0.4, -0.2) is 46.8 Å². The number of hydrogen-bond donors (Lipinski definition) is 2. The lowest BCUT2D eigenvalue weighted by Gasteiger charge is -2.29. The first kappa shape index (κ1) is 27.2. The van der Waals surface area contributed by atoms with Gasteiger partial charge in [-0.3, -0.25) is 14.4 Å². The van der Waals surface area contributed by atoms with Crippen molar-refractivity contribution in [2.45, 2.75) is 19.3 Å². The maximum atomic E-state index is 13.5. The molecule has 1 aliphatic rings. The molecule has 192 valence electrons. The second kappa shape index (κ2) is 11.7. The molecule has 0 radical (unpaired) electrons. The zero-order valence-electron chi connectivity index (χ0n) is 19.4. The van der Waals surface area contributed by atoms with E-state index in [9.17, 15) is 14.4 Å². The molecule has 1 heterocycles. The van der Waals surface area contributed by atoms with Crippen LogP contribution in [0.2, 0.25) is 20.1 Å². The molecule has 37 heavy (non-hydrogen) atoms. The van der Waals surface area contributed by atoms with Crippen molar-refractivity contribution >= 4 is 64.1 Å². The highest BCUT2D eigenvalue weighted by molar-refractivity contribution is 6.42. The van der Waals surface area contributed by atoms with E-state index in [-0.39, 0.29) is 40.8 Å². The summed E-state index contributed by atoms with van der Waals surface area (Å²) >= 11 is 24.2. The maximum Gasteiger partial charge on any atom is 0.264 e. The summed E-state index contributed by atoms with van der Waals surface area (Å²) in [7, 11) is 0. The van der Waals surface area contributed by atoms with Gasteiger partial charge in [0.25, 0.3) is 17.7 Å². The molecule has 0 bridgehead atoms. The fraction of sp³-hybridized carbons (Fsp3) is 0.192. The summed E-state index contributed by atoms with van der Waals surface area (Å²) in [4.78, 5) is 43.0. The van der Waals surface area contributed by atoms with E-state index in [1.807, 2.05) is 24.3 Å². The topological polar surface area (TPSA) is 95.7 Å². The first-order chi connectivity index (χ1) is 17.7. The molecule has 1 saturated heterocycles. The number of halogens is 4. The highest BCUT2D eigenvalue weighted by atomic mass is 35.5. The van der Waals surface area contributed by atoms with Gasteiger partial charge in [0.15, 0.2) is 6.17 Å². The fourth-order valence-corrected chi connectivity index (χ4v) is 4.67. The molecule has 0 atom stereocenters. The van der Waals surface area contributed by atoms with Gasteiger partial charge in [-0.1, -0.05) is 70.7 Å². The van der Waals surface area contributed by atoms with Crippen molar-refractivity contribution in [2.24, 2.45) is 5.73 Å². The molecule has 3 aromatic carbocycles. The van der Waals surface area contributed by atoms with Crippen molar-refractivity contribution < 1.29 is 14.4 Å². The summed E-state index contributed by atoms with van der Waals surface area (Å²) in [6.07, 6.45) is -1.21. The summed E-state index contributed by atoms with van der Waals surface area (Å²) in [5, 5.41) is 3.85. The van der Waals surface area contributed by atoms with E-state index in [0.717, 1.165) is 11.1 Å². The van der Waals surface area contributed by atoms with Gasteiger partial charge in [0.05, 0.1) is 20.1 Å². The second-order valence-electron chi connectivity index (χ2n) is 8.37. The van der Waals surface area contributed by atoms with Gasteiger partial charge >= 0.3 is 0 Å². The van der Waals surface area contributed by atoms with Crippen molar-refractivity contribution in [3.05, 3.63) is 103 Å². The molecule has 0 spiro atoms. The van der Waals surface area contributed by atoms with Gasteiger partial charge in [-0.15, -0.1) is 0 Å². The van der Waals surface area contributed by atoms with Gasteiger partial charge in [0, 0.05) is 37.3 Å². The number of amides is 3. The van der Waals surface area contributed by atoms with Crippen LogP contribution in [0.3, 0.4) is 0 Å². The third kappa shape index (κ3) is 6.03. The minimum Gasteiger partial charge on any atom is -0.349 e. The monoisotopic (exact) mass is 578 g/mol. The third-order valence-corrected chi connectivity index (χ3v) is 7.43. The lowest BCUT2D eigenvalue weighted by atomic mass is 10.1. The smallest absolute Gasteiger partial charge is 0.264 e.